The number of rotatable bonds is 0. The van der Waals surface area contributed by atoms with E-state index in [4.69, 9.17) is 0 Å². The summed E-state index contributed by atoms with van der Waals surface area (Å²) in [4.78, 5) is 3.38. The van der Waals surface area contributed by atoms with Crippen molar-refractivity contribution in [3.63, 3.8) is 0 Å². The van der Waals surface area contributed by atoms with Crippen molar-refractivity contribution in [2.45, 2.75) is 19.1 Å². The maximum atomic E-state index is 3.38. The van der Waals surface area contributed by atoms with Gasteiger partial charge in [-0.2, -0.15) is 11.8 Å². The number of H-pyrrole nitrogens is 1. The molecular formula is C8H11NS. The van der Waals surface area contributed by atoms with Gasteiger partial charge in [-0.25, -0.2) is 0 Å². The van der Waals surface area contributed by atoms with Gasteiger partial charge in [-0.3, -0.25) is 0 Å². The molecule has 1 N–H and O–H groups in total. The van der Waals surface area contributed by atoms with Gasteiger partial charge in [-0.1, -0.05) is 0 Å². The van der Waals surface area contributed by atoms with Gasteiger partial charge < -0.3 is 4.98 Å². The highest BCUT2D eigenvalue weighted by molar-refractivity contribution is 7.98. The lowest BCUT2D eigenvalue weighted by molar-refractivity contribution is 1.02. The Kier molecular flexibility index (Phi) is 1.49. The van der Waals surface area contributed by atoms with Crippen molar-refractivity contribution in [1.29, 1.82) is 0 Å². The van der Waals surface area contributed by atoms with Crippen LogP contribution in [-0.4, -0.2) is 10.7 Å². The standard InChI is InChI=1S/C8H11NS/c1-6-4-7-5-10-3-2-8(7)9-6/h4,9H,2-3,5H2,1H3. The maximum absolute atomic E-state index is 3.38. The summed E-state index contributed by atoms with van der Waals surface area (Å²) >= 11 is 2.03. The SMILES string of the molecule is Cc1cc2c([nH]1)CCSC2. The summed E-state index contributed by atoms with van der Waals surface area (Å²) in [5.74, 6) is 2.49. The first kappa shape index (κ1) is 6.35. The van der Waals surface area contributed by atoms with Gasteiger partial charge in [0.1, 0.15) is 0 Å². The van der Waals surface area contributed by atoms with E-state index in [2.05, 4.69) is 18.0 Å². The second-order valence-electron chi connectivity index (χ2n) is 2.76. The van der Waals surface area contributed by atoms with E-state index in [0.717, 1.165) is 0 Å². The van der Waals surface area contributed by atoms with Crippen molar-refractivity contribution in [2.24, 2.45) is 0 Å². The molecule has 0 radical (unpaired) electrons. The average molecular weight is 153 g/mol. The summed E-state index contributed by atoms with van der Waals surface area (Å²) in [6.45, 7) is 2.13. The molecule has 1 aromatic heterocycles. The van der Waals surface area contributed by atoms with Crippen LogP contribution < -0.4 is 0 Å². The molecule has 0 bridgehead atoms. The van der Waals surface area contributed by atoms with Gasteiger partial charge in [-0.05, 0) is 30.7 Å². The van der Waals surface area contributed by atoms with Gasteiger partial charge in [0.2, 0.25) is 0 Å². The zero-order chi connectivity index (χ0) is 6.97. The van der Waals surface area contributed by atoms with Crippen LogP contribution >= 0.6 is 11.8 Å². The second kappa shape index (κ2) is 2.35. The fourth-order valence-corrected chi connectivity index (χ4v) is 2.38. The van der Waals surface area contributed by atoms with E-state index in [-0.39, 0.29) is 0 Å². The fraction of sp³-hybridized carbons (Fsp3) is 0.500. The molecule has 0 unspecified atom stereocenters. The minimum Gasteiger partial charge on any atom is -0.362 e. The van der Waals surface area contributed by atoms with Gasteiger partial charge in [0.15, 0.2) is 0 Å². The van der Waals surface area contributed by atoms with Gasteiger partial charge in [-0.15, -0.1) is 0 Å². The van der Waals surface area contributed by atoms with E-state index in [0.29, 0.717) is 0 Å². The molecule has 54 valence electrons. The van der Waals surface area contributed by atoms with Crippen LogP contribution in [0.3, 0.4) is 0 Å². The van der Waals surface area contributed by atoms with Crippen LogP contribution in [0, 0.1) is 6.92 Å². The lowest BCUT2D eigenvalue weighted by Gasteiger charge is -2.08. The zero-order valence-corrected chi connectivity index (χ0v) is 6.92. The van der Waals surface area contributed by atoms with E-state index in [1.807, 2.05) is 11.8 Å². The number of fused-ring (bicyclic) bond motifs is 1. The highest BCUT2D eigenvalue weighted by Gasteiger charge is 2.10. The molecule has 0 aliphatic carbocycles. The van der Waals surface area contributed by atoms with Crippen LogP contribution in [0.1, 0.15) is 17.0 Å². The Labute approximate surface area is 65.2 Å². The molecule has 1 aliphatic rings. The molecule has 2 heteroatoms. The molecule has 0 saturated carbocycles. The Balaban J connectivity index is 2.41. The van der Waals surface area contributed by atoms with Gasteiger partial charge in [0.05, 0.1) is 0 Å². The van der Waals surface area contributed by atoms with Gasteiger partial charge in [0, 0.05) is 17.1 Å². The Morgan fingerprint density at radius 2 is 2.50 bits per heavy atom. The minimum atomic E-state index is 1.21. The molecule has 0 aromatic carbocycles. The summed E-state index contributed by atoms with van der Waals surface area (Å²) in [5, 5.41) is 0. The summed E-state index contributed by atoms with van der Waals surface area (Å²) in [5.41, 5.74) is 4.30. The molecule has 2 rings (SSSR count). The lowest BCUT2D eigenvalue weighted by Crippen LogP contribution is -1.99. The van der Waals surface area contributed by atoms with Crippen LogP contribution in [0.5, 0.6) is 0 Å². The Morgan fingerprint density at radius 1 is 1.60 bits per heavy atom. The summed E-state index contributed by atoms with van der Waals surface area (Å²) < 4.78 is 0. The van der Waals surface area contributed by atoms with E-state index < -0.39 is 0 Å². The van der Waals surface area contributed by atoms with Gasteiger partial charge >= 0.3 is 0 Å². The summed E-state index contributed by atoms with van der Waals surface area (Å²) in [7, 11) is 0. The predicted octanol–water partition coefficient (Wildman–Crippen LogP) is 2.11. The third-order valence-corrected chi connectivity index (χ3v) is 2.89. The molecule has 0 saturated heterocycles. The van der Waals surface area contributed by atoms with Gasteiger partial charge in [0.25, 0.3) is 0 Å². The largest absolute Gasteiger partial charge is 0.362 e. The van der Waals surface area contributed by atoms with Crippen LogP contribution in [0.4, 0.5) is 0 Å². The fourth-order valence-electron chi connectivity index (χ4n) is 1.41. The molecule has 1 nitrogen and oxygen atoms in total. The third kappa shape index (κ3) is 0.966. The van der Waals surface area contributed by atoms with Crippen LogP contribution in [0.15, 0.2) is 6.07 Å². The van der Waals surface area contributed by atoms with E-state index in [1.54, 1.807) is 0 Å². The van der Waals surface area contributed by atoms with Crippen LogP contribution in [0.25, 0.3) is 0 Å². The Bertz CT molecular complexity index is 216. The number of nitrogens with one attached hydrogen (secondary N) is 1. The lowest BCUT2D eigenvalue weighted by atomic mass is 10.2. The maximum Gasteiger partial charge on any atom is 0.0202 e. The molecule has 0 spiro atoms. The Hall–Kier alpha value is -0.370. The predicted molar refractivity (Wildman–Crippen MR) is 45.4 cm³/mol. The van der Waals surface area contributed by atoms with Crippen molar-refractivity contribution in [1.82, 2.24) is 4.98 Å². The minimum absolute atomic E-state index is 1.21. The van der Waals surface area contributed by atoms with Crippen molar-refractivity contribution in [2.75, 3.05) is 5.75 Å². The van der Waals surface area contributed by atoms with Crippen molar-refractivity contribution in [3.8, 4) is 0 Å². The van der Waals surface area contributed by atoms with Crippen molar-refractivity contribution >= 4 is 11.8 Å². The summed E-state index contributed by atoms with van der Waals surface area (Å²) in [6, 6.07) is 2.27. The van der Waals surface area contributed by atoms with Crippen LogP contribution in [-0.2, 0) is 12.2 Å². The number of hydrogen-bond donors (Lipinski definition) is 1. The smallest absolute Gasteiger partial charge is 0.0202 e. The third-order valence-electron chi connectivity index (χ3n) is 1.88. The van der Waals surface area contributed by atoms with Crippen molar-refractivity contribution < 1.29 is 0 Å². The number of hydrogen-bond acceptors (Lipinski definition) is 1. The second-order valence-corrected chi connectivity index (χ2v) is 3.86. The van der Waals surface area contributed by atoms with Crippen LogP contribution in [0.2, 0.25) is 0 Å². The summed E-state index contributed by atoms with van der Waals surface area (Å²) in [6.07, 6.45) is 1.23. The monoisotopic (exact) mass is 153 g/mol. The average Bonchev–Trinajstić information content (AvgIpc) is 2.27. The topological polar surface area (TPSA) is 15.8 Å². The highest BCUT2D eigenvalue weighted by Crippen LogP contribution is 2.24. The first-order valence-electron chi connectivity index (χ1n) is 3.61. The highest BCUT2D eigenvalue weighted by atomic mass is 32.2. The molecule has 10 heavy (non-hydrogen) atoms. The molecule has 0 atom stereocenters. The molecular weight excluding hydrogens is 142 g/mol. The first-order chi connectivity index (χ1) is 4.86. The molecule has 1 aliphatic heterocycles. The molecule has 0 fully saturated rings. The van der Waals surface area contributed by atoms with E-state index >= 15 is 0 Å². The van der Waals surface area contributed by atoms with E-state index in [9.17, 15) is 0 Å². The Morgan fingerprint density at radius 3 is 3.30 bits per heavy atom. The normalized spacial score (nSPS) is 16.9. The van der Waals surface area contributed by atoms with E-state index in [1.165, 1.54) is 34.9 Å². The zero-order valence-electron chi connectivity index (χ0n) is 6.11. The number of thioether (sulfide) groups is 1. The quantitative estimate of drug-likeness (QED) is 0.603. The number of aryl methyl sites for hydroxylation is 2. The molecule has 1 aromatic rings. The number of aromatic nitrogens is 1. The molecule has 2 heterocycles. The molecule has 0 amide bonds. The first-order valence-corrected chi connectivity index (χ1v) is 4.77. The van der Waals surface area contributed by atoms with Crippen molar-refractivity contribution in [3.05, 3.63) is 23.0 Å². The number of aromatic amines is 1.